The number of rotatable bonds is 7. The van der Waals surface area contributed by atoms with Crippen molar-refractivity contribution in [3.05, 3.63) is 30.1 Å². The van der Waals surface area contributed by atoms with E-state index in [-0.39, 0.29) is 24.3 Å². The van der Waals surface area contributed by atoms with Crippen molar-refractivity contribution < 1.29 is 9.90 Å². The highest BCUT2D eigenvalue weighted by molar-refractivity contribution is 5.78. The number of hydrogen-bond acceptors (Lipinski definition) is 3. The summed E-state index contributed by atoms with van der Waals surface area (Å²) >= 11 is 0. The van der Waals surface area contributed by atoms with Gasteiger partial charge in [0, 0.05) is 23.9 Å². The molecule has 1 aromatic rings. The second-order valence-corrected chi connectivity index (χ2v) is 4.64. The first-order valence-corrected chi connectivity index (χ1v) is 6.43. The molecular formula is C14H22N2O2. The lowest BCUT2D eigenvalue weighted by Crippen LogP contribution is -2.40. The topological polar surface area (TPSA) is 62.2 Å². The lowest BCUT2D eigenvalue weighted by molar-refractivity contribution is -0.121. The van der Waals surface area contributed by atoms with Crippen LogP contribution in [-0.4, -0.2) is 29.1 Å². The van der Waals surface area contributed by atoms with E-state index in [0.29, 0.717) is 6.54 Å². The molecule has 0 saturated carbocycles. The number of pyridine rings is 1. The first kappa shape index (κ1) is 14.6. The molecule has 1 heterocycles. The normalized spacial score (nSPS) is 11.3. The maximum absolute atomic E-state index is 11.8. The minimum absolute atomic E-state index is 0.0478. The smallest absolute Gasteiger partial charge is 0.226 e. The minimum Gasteiger partial charge on any atom is -0.396 e. The monoisotopic (exact) mass is 250 g/mol. The quantitative estimate of drug-likeness (QED) is 0.771. The summed E-state index contributed by atoms with van der Waals surface area (Å²) in [4.78, 5) is 15.9. The van der Waals surface area contributed by atoms with Crippen molar-refractivity contribution in [3.63, 3.8) is 0 Å². The molecule has 0 aromatic carbocycles. The standard InChI is InChI=1S/C14H22N2O2/c1-3-14(4-2,11-17)10-16-13(18)9-12-7-5-6-8-15-12/h5-8,17H,3-4,9-11H2,1-2H3,(H,16,18). The molecule has 100 valence electrons. The number of nitrogens with zero attached hydrogens (tertiary/aromatic N) is 1. The fourth-order valence-electron chi connectivity index (χ4n) is 1.80. The van der Waals surface area contributed by atoms with E-state index in [2.05, 4.69) is 10.3 Å². The zero-order valence-electron chi connectivity index (χ0n) is 11.1. The molecule has 0 fully saturated rings. The summed E-state index contributed by atoms with van der Waals surface area (Å²) in [5.74, 6) is -0.0478. The van der Waals surface area contributed by atoms with Crippen LogP contribution in [0.4, 0.5) is 0 Å². The molecule has 0 spiro atoms. The number of amides is 1. The number of aliphatic hydroxyl groups excluding tert-OH is 1. The number of carbonyl (C=O) groups excluding carboxylic acids is 1. The molecule has 0 aliphatic carbocycles. The Labute approximate surface area is 108 Å². The molecule has 2 N–H and O–H groups in total. The van der Waals surface area contributed by atoms with Crippen molar-refractivity contribution in [1.82, 2.24) is 10.3 Å². The van der Waals surface area contributed by atoms with E-state index in [1.165, 1.54) is 0 Å². The summed E-state index contributed by atoms with van der Waals surface area (Å²) < 4.78 is 0. The average Bonchev–Trinajstić information content (AvgIpc) is 2.42. The summed E-state index contributed by atoms with van der Waals surface area (Å²) in [5, 5.41) is 12.3. The Balaban J connectivity index is 2.46. The van der Waals surface area contributed by atoms with Gasteiger partial charge < -0.3 is 10.4 Å². The van der Waals surface area contributed by atoms with Crippen LogP contribution in [0.1, 0.15) is 32.4 Å². The molecule has 4 heteroatoms. The summed E-state index contributed by atoms with van der Waals surface area (Å²) in [7, 11) is 0. The van der Waals surface area contributed by atoms with Crippen LogP contribution >= 0.6 is 0 Å². The van der Waals surface area contributed by atoms with Gasteiger partial charge in [-0.1, -0.05) is 19.9 Å². The molecule has 0 aliphatic heterocycles. The molecule has 0 saturated heterocycles. The van der Waals surface area contributed by atoms with Crippen molar-refractivity contribution in [2.24, 2.45) is 5.41 Å². The van der Waals surface area contributed by atoms with Gasteiger partial charge in [0.25, 0.3) is 0 Å². The molecule has 0 unspecified atom stereocenters. The SMILES string of the molecule is CCC(CC)(CO)CNC(=O)Cc1ccccn1. The summed E-state index contributed by atoms with van der Waals surface area (Å²) in [6.45, 7) is 4.68. The second kappa shape index (κ2) is 7.11. The molecule has 1 rings (SSSR count). The van der Waals surface area contributed by atoms with Gasteiger partial charge in [-0.3, -0.25) is 9.78 Å². The first-order valence-electron chi connectivity index (χ1n) is 6.43. The average molecular weight is 250 g/mol. The van der Waals surface area contributed by atoms with Crippen molar-refractivity contribution in [2.45, 2.75) is 33.1 Å². The number of carbonyl (C=O) groups is 1. The van der Waals surface area contributed by atoms with Gasteiger partial charge >= 0.3 is 0 Å². The van der Waals surface area contributed by atoms with Crippen LogP contribution in [0, 0.1) is 5.41 Å². The third-order valence-corrected chi connectivity index (χ3v) is 3.56. The maximum atomic E-state index is 11.8. The molecule has 1 amide bonds. The highest BCUT2D eigenvalue weighted by Crippen LogP contribution is 2.24. The van der Waals surface area contributed by atoms with Crippen LogP contribution < -0.4 is 5.32 Å². The highest BCUT2D eigenvalue weighted by Gasteiger charge is 2.25. The van der Waals surface area contributed by atoms with Crippen LogP contribution in [0.25, 0.3) is 0 Å². The third kappa shape index (κ3) is 4.11. The van der Waals surface area contributed by atoms with Gasteiger partial charge in [-0.05, 0) is 25.0 Å². The van der Waals surface area contributed by atoms with E-state index in [4.69, 9.17) is 0 Å². The lowest BCUT2D eigenvalue weighted by Gasteiger charge is -2.29. The van der Waals surface area contributed by atoms with E-state index < -0.39 is 0 Å². The van der Waals surface area contributed by atoms with Gasteiger partial charge in [-0.25, -0.2) is 0 Å². The zero-order chi connectivity index (χ0) is 13.4. The van der Waals surface area contributed by atoms with E-state index >= 15 is 0 Å². The Hall–Kier alpha value is -1.42. The molecule has 1 aromatic heterocycles. The first-order chi connectivity index (χ1) is 8.65. The number of hydrogen-bond donors (Lipinski definition) is 2. The molecular weight excluding hydrogens is 228 g/mol. The Morgan fingerprint density at radius 2 is 2.11 bits per heavy atom. The van der Waals surface area contributed by atoms with Gasteiger partial charge in [-0.15, -0.1) is 0 Å². The number of aromatic nitrogens is 1. The van der Waals surface area contributed by atoms with Gasteiger partial charge in [0.15, 0.2) is 0 Å². The largest absolute Gasteiger partial charge is 0.396 e. The van der Waals surface area contributed by atoms with Crippen molar-refractivity contribution in [2.75, 3.05) is 13.2 Å². The van der Waals surface area contributed by atoms with Gasteiger partial charge in [-0.2, -0.15) is 0 Å². The predicted molar refractivity (Wildman–Crippen MR) is 71.1 cm³/mol. The zero-order valence-corrected chi connectivity index (χ0v) is 11.1. The molecule has 0 bridgehead atoms. The van der Waals surface area contributed by atoms with Crippen molar-refractivity contribution >= 4 is 5.91 Å². The van der Waals surface area contributed by atoms with E-state index in [9.17, 15) is 9.90 Å². The molecule has 18 heavy (non-hydrogen) atoms. The maximum Gasteiger partial charge on any atom is 0.226 e. The highest BCUT2D eigenvalue weighted by atomic mass is 16.3. The molecule has 0 aliphatic rings. The minimum atomic E-state index is -0.195. The Kier molecular flexibility index (Phi) is 5.78. The lowest BCUT2D eigenvalue weighted by atomic mass is 9.83. The van der Waals surface area contributed by atoms with Crippen LogP contribution in [0.3, 0.4) is 0 Å². The Morgan fingerprint density at radius 3 is 2.61 bits per heavy atom. The van der Waals surface area contributed by atoms with E-state index in [1.807, 2.05) is 32.0 Å². The number of aliphatic hydroxyl groups is 1. The van der Waals surface area contributed by atoms with Crippen molar-refractivity contribution in [3.8, 4) is 0 Å². The summed E-state index contributed by atoms with van der Waals surface area (Å²) in [6, 6.07) is 5.52. The van der Waals surface area contributed by atoms with Crippen LogP contribution in [0.5, 0.6) is 0 Å². The fraction of sp³-hybridized carbons (Fsp3) is 0.571. The summed E-state index contributed by atoms with van der Waals surface area (Å²) in [6.07, 6.45) is 3.67. The van der Waals surface area contributed by atoms with Crippen LogP contribution in [0.2, 0.25) is 0 Å². The molecule has 4 nitrogen and oxygen atoms in total. The van der Waals surface area contributed by atoms with Gasteiger partial charge in [0.05, 0.1) is 13.0 Å². The Bertz CT molecular complexity index is 353. The molecule has 0 radical (unpaired) electrons. The third-order valence-electron chi connectivity index (χ3n) is 3.56. The van der Waals surface area contributed by atoms with Crippen LogP contribution in [0.15, 0.2) is 24.4 Å². The van der Waals surface area contributed by atoms with Gasteiger partial charge in [0.1, 0.15) is 0 Å². The van der Waals surface area contributed by atoms with Crippen LogP contribution in [-0.2, 0) is 11.2 Å². The Morgan fingerprint density at radius 1 is 1.39 bits per heavy atom. The van der Waals surface area contributed by atoms with E-state index in [1.54, 1.807) is 6.20 Å². The number of nitrogens with one attached hydrogen (secondary N) is 1. The second-order valence-electron chi connectivity index (χ2n) is 4.64. The fourth-order valence-corrected chi connectivity index (χ4v) is 1.80. The van der Waals surface area contributed by atoms with E-state index in [0.717, 1.165) is 18.5 Å². The van der Waals surface area contributed by atoms with Crippen molar-refractivity contribution in [1.29, 1.82) is 0 Å². The molecule has 0 atom stereocenters. The predicted octanol–water partition coefficient (Wildman–Crippen LogP) is 1.54. The van der Waals surface area contributed by atoms with Gasteiger partial charge in [0.2, 0.25) is 5.91 Å². The summed E-state index contributed by atoms with van der Waals surface area (Å²) in [5.41, 5.74) is 0.567.